The molecule has 1 atom stereocenters. The Kier molecular flexibility index (Phi) is 5.20. The lowest BCUT2D eigenvalue weighted by Gasteiger charge is -2.20. The van der Waals surface area contributed by atoms with E-state index in [4.69, 9.17) is 5.11 Å². The second-order valence-corrected chi connectivity index (χ2v) is 5.13. The van der Waals surface area contributed by atoms with E-state index in [1.54, 1.807) is 0 Å². The van der Waals surface area contributed by atoms with Crippen molar-refractivity contribution in [2.24, 2.45) is 11.8 Å². The molecule has 0 aliphatic carbocycles. The van der Waals surface area contributed by atoms with Crippen molar-refractivity contribution >= 4 is 5.97 Å². The van der Waals surface area contributed by atoms with Crippen molar-refractivity contribution in [1.29, 1.82) is 0 Å². The van der Waals surface area contributed by atoms with Gasteiger partial charge in [0, 0.05) is 6.42 Å². The molecule has 0 radical (unpaired) electrons. The van der Waals surface area contributed by atoms with E-state index in [1.165, 1.54) is 11.1 Å². The van der Waals surface area contributed by atoms with Gasteiger partial charge in [-0.05, 0) is 37.2 Å². The number of benzene rings is 1. The molecule has 0 heterocycles. The van der Waals surface area contributed by atoms with Gasteiger partial charge in [0.2, 0.25) is 0 Å². The predicted octanol–water partition coefficient (Wildman–Crippen LogP) is 3.67. The summed E-state index contributed by atoms with van der Waals surface area (Å²) < 4.78 is 0. The fourth-order valence-corrected chi connectivity index (χ4v) is 2.01. The smallest absolute Gasteiger partial charge is 0.303 e. The quantitative estimate of drug-likeness (QED) is 0.815. The van der Waals surface area contributed by atoms with E-state index in [2.05, 4.69) is 45.0 Å². The third-order valence-electron chi connectivity index (χ3n) is 3.29. The van der Waals surface area contributed by atoms with E-state index in [0.29, 0.717) is 11.8 Å². The van der Waals surface area contributed by atoms with Crippen LogP contribution in [-0.2, 0) is 11.2 Å². The second kappa shape index (κ2) is 6.43. The normalized spacial score (nSPS) is 12.7. The van der Waals surface area contributed by atoms with Gasteiger partial charge in [-0.1, -0.05) is 43.7 Å². The molecule has 0 aromatic heterocycles. The number of carbonyl (C=O) groups is 1. The first-order valence-electron chi connectivity index (χ1n) is 6.26. The third-order valence-corrected chi connectivity index (χ3v) is 3.29. The highest BCUT2D eigenvalue weighted by Gasteiger charge is 2.15. The molecule has 0 unspecified atom stereocenters. The van der Waals surface area contributed by atoms with E-state index >= 15 is 0 Å². The molecule has 2 heteroatoms. The minimum Gasteiger partial charge on any atom is -0.481 e. The number of hydrogen-bond acceptors (Lipinski definition) is 1. The average molecular weight is 234 g/mol. The zero-order valence-corrected chi connectivity index (χ0v) is 10.9. The van der Waals surface area contributed by atoms with Crippen molar-refractivity contribution in [2.45, 2.75) is 40.0 Å². The molecule has 1 aromatic carbocycles. The molecule has 0 bridgehead atoms. The monoisotopic (exact) mass is 234 g/mol. The molecule has 0 aliphatic rings. The third kappa shape index (κ3) is 5.03. The van der Waals surface area contributed by atoms with Crippen LogP contribution in [0.1, 0.15) is 37.8 Å². The lowest BCUT2D eigenvalue weighted by Crippen LogP contribution is -2.14. The number of carboxylic acid groups (broad SMARTS) is 1. The van der Waals surface area contributed by atoms with Crippen molar-refractivity contribution < 1.29 is 9.90 Å². The highest BCUT2D eigenvalue weighted by Crippen LogP contribution is 2.22. The summed E-state index contributed by atoms with van der Waals surface area (Å²) in [6.07, 6.45) is 2.01. The summed E-state index contributed by atoms with van der Waals surface area (Å²) in [5, 5.41) is 8.75. The first-order valence-corrected chi connectivity index (χ1v) is 6.26. The van der Waals surface area contributed by atoms with Gasteiger partial charge in [-0.2, -0.15) is 0 Å². The Labute approximate surface area is 104 Å². The maximum atomic E-state index is 10.6. The fourth-order valence-electron chi connectivity index (χ4n) is 2.01. The minimum absolute atomic E-state index is 0.273. The summed E-state index contributed by atoms with van der Waals surface area (Å²) >= 11 is 0. The van der Waals surface area contributed by atoms with Crippen molar-refractivity contribution in [1.82, 2.24) is 0 Å². The maximum Gasteiger partial charge on any atom is 0.303 e. The van der Waals surface area contributed by atoms with Gasteiger partial charge in [0.05, 0.1) is 0 Å². The SMILES string of the molecule is Cc1ccc(C[C@@H](CCC(=O)O)C(C)C)cc1. The van der Waals surface area contributed by atoms with Gasteiger partial charge in [-0.15, -0.1) is 0 Å². The fraction of sp³-hybridized carbons (Fsp3) is 0.533. The summed E-state index contributed by atoms with van der Waals surface area (Å²) in [6, 6.07) is 8.52. The van der Waals surface area contributed by atoms with Gasteiger partial charge in [-0.25, -0.2) is 0 Å². The molecule has 1 rings (SSSR count). The Balaban J connectivity index is 2.60. The van der Waals surface area contributed by atoms with Crippen LogP contribution < -0.4 is 0 Å². The second-order valence-electron chi connectivity index (χ2n) is 5.13. The van der Waals surface area contributed by atoms with Crippen molar-refractivity contribution in [3.63, 3.8) is 0 Å². The van der Waals surface area contributed by atoms with E-state index < -0.39 is 5.97 Å². The van der Waals surface area contributed by atoms with Crippen LogP contribution in [-0.4, -0.2) is 11.1 Å². The van der Waals surface area contributed by atoms with Gasteiger partial charge in [0.25, 0.3) is 0 Å². The van der Waals surface area contributed by atoms with E-state index in [9.17, 15) is 4.79 Å². The Morgan fingerprint density at radius 3 is 2.29 bits per heavy atom. The van der Waals surface area contributed by atoms with Crippen LogP contribution in [0.5, 0.6) is 0 Å². The number of aryl methyl sites for hydroxylation is 1. The maximum absolute atomic E-state index is 10.6. The molecule has 2 nitrogen and oxygen atoms in total. The van der Waals surface area contributed by atoms with Crippen molar-refractivity contribution in [3.05, 3.63) is 35.4 Å². The number of aliphatic carboxylic acids is 1. The molecule has 94 valence electrons. The first kappa shape index (κ1) is 13.8. The number of rotatable bonds is 6. The van der Waals surface area contributed by atoms with Crippen LogP contribution in [0.2, 0.25) is 0 Å². The molecular formula is C15H22O2. The topological polar surface area (TPSA) is 37.3 Å². The van der Waals surface area contributed by atoms with Crippen LogP contribution >= 0.6 is 0 Å². The molecule has 0 saturated carbocycles. The molecule has 1 N–H and O–H groups in total. The predicted molar refractivity (Wildman–Crippen MR) is 70.1 cm³/mol. The van der Waals surface area contributed by atoms with Gasteiger partial charge >= 0.3 is 5.97 Å². The van der Waals surface area contributed by atoms with Gasteiger partial charge < -0.3 is 5.11 Å². The van der Waals surface area contributed by atoms with Crippen LogP contribution in [0.4, 0.5) is 0 Å². The number of carboxylic acids is 1. The van der Waals surface area contributed by atoms with Gasteiger partial charge in [-0.3, -0.25) is 4.79 Å². The summed E-state index contributed by atoms with van der Waals surface area (Å²) in [5.41, 5.74) is 2.57. The van der Waals surface area contributed by atoms with Crippen LogP contribution in [0.25, 0.3) is 0 Å². The van der Waals surface area contributed by atoms with Crippen molar-refractivity contribution in [3.8, 4) is 0 Å². The van der Waals surface area contributed by atoms with E-state index in [0.717, 1.165) is 12.8 Å². The van der Waals surface area contributed by atoms with Crippen LogP contribution in [0.15, 0.2) is 24.3 Å². The molecule has 1 aromatic rings. The molecule has 0 spiro atoms. The minimum atomic E-state index is -0.695. The molecule has 17 heavy (non-hydrogen) atoms. The zero-order chi connectivity index (χ0) is 12.8. The largest absolute Gasteiger partial charge is 0.481 e. The molecular weight excluding hydrogens is 212 g/mol. The Morgan fingerprint density at radius 2 is 1.82 bits per heavy atom. The number of hydrogen-bond donors (Lipinski definition) is 1. The zero-order valence-electron chi connectivity index (χ0n) is 10.9. The van der Waals surface area contributed by atoms with Gasteiger partial charge in [0.15, 0.2) is 0 Å². The van der Waals surface area contributed by atoms with Crippen molar-refractivity contribution in [2.75, 3.05) is 0 Å². The molecule has 0 amide bonds. The Bertz CT molecular complexity index is 352. The van der Waals surface area contributed by atoms with E-state index in [1.807, 2.05) is 0 Å². The Morgan fingerprint density at radius 1 is 1.24 bits per heavy atom. The molecule has 0 aliphatic heterocycles. The first-order chi connectivity index (χ1) is 7.99. The summed E-state index contributed by atoms with van der Waals surface area (Å²) in [6.45, 7) is 6.41. The Hall–Kier alpha value is -1.31. The summed E-state index contributed by atoms with van der Waals surface area (Å²) in [7, 11) is 0. The van der Waals surface area contributed by atoms with E-state index in [-0.39, 0.29) is 6.42 Å². The van der Waals surface area contributed by atoms with Crippen LogP contribution in [0.3, 0.4) is 0 Å². The standard InChI is InChI=1S/C15H22O2/c1-11(2)14(8-9-15(16)17)10-13-6-4-12(3)5-7-13/h4-7,11,14H,8-10H2,1-3H3,(H,16,17)/t14-/m1/s1. The lowest BCUT2D eigenvalue weighted by molar-refractivity contribution is -0.137. The van der Waals surface area contributed by atoms with Gasteiger partial charge in [0.1, 0.15) is 0 Å². The molecule has 0 saturated heterocycles. The van der Waals surface area contributed by atoms with Crippen LogP contribution in [0, 0.1) is 18.8 Å². The highest BCUT2D eigenvalue weighted by molar-refractivity contribution is 5.66. The summed E-state index contributed by atoms with van der Waals surface area (Å²) in [5.74, 6) is 0.281. The highest BCUT2D eigenvalue weighted by atomic mass is 16.4. The lowest BCUT2D eigenvalue weighted by atomic mass is 9.85. The summed E-state index contributed by atoms with van der Waals surface area (Å²) in [4.78, 5) is 10.6. The average Bonchev–Trinajstić information content (AvgIpc) is 2.26. The molecule has 0 fully saturated rings.